The van der Waals surface area contributed by atoms with E-state index in [1.165, 1.54) is 9.80 Å². The number of carboxylic acids is 1. The summed E-state index contributed by atoms with van der Waals surface area (Å²) in [5, 5.41) is 20.5. The number of aliphatic hydroxyl groups is 1. The van der Waals surface area contributed by atoms with Gasteiger partial charge in [0.25, 0.3) is 0 Å². The Labute approximate surface area is 123 Å². The van der Waals surface area contributed by atoms with E-state index in [0.717, 1.165) is 12.8 Å². The standard InChI is InChI=1S/C13H23N3O5/c1-2-3-5-15(7-8-17)13(21)16-6-4-14-12(20)10(16)9-11(18)19/h10,17H,2-9H2,1H3,(H,14,20)(H,18,19). The molecule has 0 aromatic heterocycles. The van der Waals surface area contributed by atoms with Gasteiger partial charge in [0.1, 0.15) is 6.04 Å². The molecule has 1 fully saturated rings. The second kappa shape index (κ2) is 8.46. The number of carbonyl (C=O) groups is 3. The summed E-state index contributed by atoms with van der Waals surface area (Å²) in [5.74, 6) is -1.58. The van der Waals surface area contributed by atoms with E-state index in [-0.39, 0.29) is 19.7 Å². The Bertz CT molecular complexity index is 388. The van der Waals surface area contributed by atoms with Crippen molar-refractivity contribution in [1.29, 1.82) is 0 Å². The number of nitrogens with one attached hydrogen (secondary N) is 1. The average Bonchev–Trinajstić information content (AvgIpc) is 2.44. The summed E-state index contributed by atoms with van der Waals surface area (Å²) in [4.78, 5) is 37.9. The number of amides is 3. The van der Waals surface area contributed by atoms with Gasteiger partial charge in [-0.3, -0.25) is 9.59 Å². The summed E-state index contributed by atoms with van der Waals surface area (Å²) in [6.45, 7) is 3.06. The largest absolute Gasteiger partial charge is 0.481 e. The fourth-order valence-corrected chi connectivity index (χ4v) is 2.27. The first-order valence-electron chi connectivity index (χ1n) is 7.17. The van der Waals surface area contributed by atoms with Gasteiger partial charge in [-0.15, -0.1) is 0 Å². The zero-order valence-corrected chi connectivity index (χ0v) is 12.2. The Hall–Kier alpha value is -1.83. The van der Waals surface area contributed by atoms with Gasteiger partial charge >= 0.3 is 12.0 Å². The summed E-state index contributed by atoms with van der Waals surface area (Å²) >= 11 is 0. The van der Waals surface area contributed by atoms with E-state index in [1.807, 2.05) is 6.92 Å². The lowest BCUT2D eigenvalue weighted by Crippen LogP contribution is -2.60. The third kappa shape index (κ3) is 4.89. The van der Waals surface area contributed by atoms with Crippen LogP contribution in [0.3, 0.4) is 0 Å². The minimum Gasteiger partial charge on any atom is -0.481 e. The van der Waals surface area contributed by atoms with Gasteiger partial charge in [-0.2, -0.15) is 0 Å². The van der Waals surface area contributed by atoms with Crippen LogP contribution in [-0.4, -0.2) is 76.7 Å². The zero-order chi connectivity index (χ0) is 15.8. The van der Waals surface area contributed by atoms with E-state index in [1.54, 1.807) is 0 Å². The predicted molar refractivity (Wildman–Crippen MR) is 74.7 cm³/mol. The third-order valence-electron chi connectivity index (χ3n) is 3.37. The van der Waals surface area contributed by atoms with Crippen LogP contribution >= 0.6 is 0 Å². The summed E-state index contributed by atoms with van der Waals surface area (Å²) < 4.78 is 0. The van der Waals surface area contributed by atoms with Crippen LogP contribution < -0.4 is 5.32 Å². The van der Waals surface area contributed by atoms with Crippen molar-refractivity contribution in [2.24, 2.45) is 0 Å². The van der Waals surface area contributed by atoms with Crippen molar-refractivity contribution >= 4 is 17.9 Å². The molecule has 0 radical (unpaired) electrons. The molecule has 1 aliphatic heterocycles. The Morgan fingerprint density at radius 1 is 1.43 bits per heavy atom. The summed E-state index contributed by atoms with van der Waals surface area (Å²) in [6.07, 6.45) is 1.27. The Kier molecular flexibility index (Phi) is 6.93. The molecule has 0 spiro atoms. The SMILES string of the molecule is CCCCN(CCO)C(=O)N1CCNC(=O)C1CC(=O)O. The highest BCUT2D eigenvalue weighted by atomic mass is 16.4. The van der Waals surface area contributed by atoms with Crippen molar-refractivity contribution in [3.8, 4) is 0 Å². The molecule has 0 aliphatic carbocycles. The van der Waals surface area contributed by atoms with Crippen molar-refractivity contribution in [1.82, 2.24) is 15.1 Å². The number of nitrogens with zero attached hydrogens (tertiary/aromatic N) is 2. The van der Waals surface area contributed by atoms with Crippen LogP contribution in [0.2, 0.25) is 0 Å². The number of aliphatic hydroxyl groups excluding tert-OH is 1. The van der Waals surface area contributed by atoms with Crippen molar-refractivity contribution in [2.75, 3.05) is 32.8 Å². The fraction of sp³-hybridized carbons (Fsp3) is 0.769. The van der Waals surface area contributed by atoms with Gasteiger partial charge in [0.15, 0.2) is 0 Å². The monoisotopic (exact) mass is 301 g/mol. The Balaban J connectivity index is 2.82. The van der Waals surface area contributed by atoms with E-state index in [2.05, 4.69) is 5.32 Å². The maximum atomic E-state index is 12.5. The Morgan fingerprint density at radius 2 is 2.14 bits per heavy atom. The lowest BCUT2D eigenvalue weighted by Gasteiger charge is -2.37. The van der Waals surface area contributed by atoms with Crippen molar-refractivity contribution in [3.05, 3.63) is 0 Å². The van der Waals surface area contributed by atoms with E-state index in [0.29, 0.717) is 13.1 Å². The molecule has 1 aliphatic rings. The molecule has 0 aromatic carbocycles. The van der Waals surface area contributed by atoms with E-state index < -0.39 is 30.4 Å². The van der Waals surface area contributed by atoms with Crippen LogP contribution in [0.5, 0.6) is 0 Å². The zero-order valence-electron chi connectivity index (χ0n) is 12.2. The first-order valence-corrected chi connectivity index (χ1v) is 7.17. The van der Waals surface area contributed by atoms with Gasteiger partial charge in [-0.1, -0.05) is 13.3 Å². The molecule has 120 valence electrons. The first kappa shape index (κ1) is 17.2. The van der Waals surface area contributed by atoms with Gasteiger partial charge in [0.05, 0.1) is 13.0 Å². The average molecular weight is 301 g/mol. The van der Waals surface area contributed by atoms with Crippen LogP contribution in [0.25, 0.3) is 0 Å². The highest BCUT2D eigenvalue weighted by Crippen LogP contribution is 2.13. The molecule has 1 unspecified atom stereocenters. The molecule has 0 saturated carbocycles. The van der Waals surface area contributed by atoms with Gasteiger partial charge < -0.3 is 25.3 Å². The van der Waals surface area contributed by atoms with Crippen LogP contribution in [0.1, 0.15) is 26.2 Å². The number of aliphatic carboxylic acids is 1. The minimum absolute atomic E-state index is 0.168. The summed E-state index contributed by atoms with van der Waals surface area (Å²) in [7, 11) is 0. The topological polar surface area (TPSA) is 110 Å². The molecular weight excluding hydrogens is 278 g/mol. The van der Waals surface area contributed by atoms with E-state index in [9.17, 15) is 14.4 Å². The van der Waals surface area contributed by atoms with Gasteiger partial charge in [0, 0.05) is 26.2 Å². The quantitative estimate of drug-likeness (QED) is 0.586. The summed E-state index contributed by atoms with van der Waals surface area (Å²) in [6, 6.07) is -1.38. The van der Waals surface area contributed by atoms with E-state index >= 15 is 0 Å². The van der Waals surface area contributed by atoms with Crippen LogP contribution in [0, 0.1) is 0 Å². The number of unbranched alkanes of at least 4 members (excludes halogenated alkanes) is 1. The normalized spacial score (nSPS) is 18.3. The number of piperazine rings is 1. The van der Waals surface area contributed by atoms with Crippen LogP contribution in [-0.2, 0) is 9.59 Å². The molecule has 8 heteroatoms. The number of carboxylic acid groups (broad SMARTS) is 1. The minimum atomic E-state index is -1.13. The number of hydrogen-bond acceptors (Lipinski definition) is 4. The smallest absolute Gasteiger partial charge is 0.320 e. The highest BCUT2D eigenvalue weighted by molar-refractivity contribution is 5.91. The number of urea groups is 1. The maximum absolute atomic E-state index is 12.5. The van der Waals surface area contributed by atoms with Crippen LogP contribution in [0.4, 0.5) is 4.79 Å². The lowest BCUT2D eigenvalue weighted by molar-refractivity contribution is -0.142. The third-order valence-corrected chi connectivity index (χ3v) is 3.37. The van der Waals surface area contributed by atoms with Gasteiger partial charge in [0.2, 0.25) is 5.91 Å². The molecule has 1 atom stereocenters. The molecule has 1 rings (SSSR count). The number of rotatable bonds is 7. The van der Waals surface area contributed by atoms with Crippen molar-refractivity contribution in [3.63, 3.8) is 0 Å². The van der Waals surface area contributed by atoms with Gasteiger partial charge in [-0.05, 0) is 6.42 Å². The molecule has 1 heterocycles. The Morgan fingerprint density at radius 3 is 2.71 bits per heavy atom. The molecule has 21 heavy (non-hydrogen) atoms. The molecule has 1 saturated heterocycles. The van der Waals surface area contributed by atoms with Gasteiger partial charge in [-0.25, -0.2) is 4.79 Å². The second-order valence-corrected chi connectivity index (χ2v) is 4.94. The fourth-order valence-electron chi connectivity index (χ4n) is 2.27. The van der Waals surface area contributed by atoms with Crippen molar-refractivity contribution in [2.45, 2.75) is 32.2 Å². The van der Waals surface area contributed by atoms with Crippen molar-refractivity contribution < 1.29 is 24.6 Å². The molecule has 0 bridgehead atoms. The van der Waals surface area contributed by atoms with E-state index in [4.69, 9.17) is 10.2 Å². The highest BCUT2D eigenvalue weighted by Gasteiger charge is 2.36. The molecule has 8 nitrogen and oxygen atoms in total. The summed E-state index contributed by atoms with van der Waals surface area (Å²) in [5.41, 5.74) is 0. The molecular formula is C13H23N3O5. The molecule has 0 aromatic rings. The molecule has 3 N–H and O–H groups in total. The molecule has 3 amide bonds. The number of hydrogen-bond donors (Lipinski definition) is 3. The lowest BCUT2D eigenvalue weighted by atomic mass is 10.1. The number of carbonyl (C=O) groups excluding carboxylic acids is 2. The first-order chi connectivity index (χ1) is 10.0. The predicted octanol–water partition coefficient (Wildman–Crippen LogP) is -0.524. The second-order valence-electron chi connectivity index (χ2n) is 4.94. The maximum Gasteiger partial charge on any atom is 0.320 e. The van der Waals surface area contributed by atoms with Crippen LogP contribution in [0.15, 0.2) is 0 Å².